The Morgan fingerprint density at radius 3 is 2.59 bits per heavy atom. The lowest BCUT2D eigenvalue weighted by atomic mass is 9.80. The summed E-state index contributed by atoms with van der Waals surface area (Å²) in [6.45, 7) is 2.17. The molecule has 0 aromatic carbocycles. The number of thioether (sulfide) groups is 1. The lowest BCUT2D eigenvalue weighted by Crippen LogP contribution is -2.42. The fourth-order valence-corrected chi connectivity index (χ4v) is 4.70. The summed E-state index contributed by atoms with van der Waals surface area (Å²) < 4.78 is 23.2. The van der Waals surface area contributed by atoms with Crippen molar-refractivity contribution in [3.8, 4) is 0 Å². The van der Waals surface area contributed by atoms with Crippen molar-refractivity contribution in [2.45, 2.75) is 43.9 Å². The molecule has 17 heavy (non-hydrogen) atoms. The summed E-state index contributed by atoms with van der Waals surface area (Å²) in [6, 6.07) is 0.145. The van der Waals surface area contributed by atoms with Gasteiger partial charge in [-0.1, -0.05) is 13.3 Å². The molecular weight excluding hydrogens is 254 g/mol. The van der Waals surface area contributed by atoms with E-state index < -0.39 is 9.84 Å². The molecule has 4 atom stereocenters. The van der Waals surface area contributed by atoms with Crippen molar-refractivity contribution >= 4 is 21.6 Å². The van der Waals surface area contributed by atoms with Crippen molar-refractivity contribution in [3.05, 3.63) is 0 Å². The zero-order valence-corrected chi connectivity index (χ0v) is 12.7. The maximum absolute atomic E-state index is 11.6. The first kappa shape index (κ1) is 15.3. The molecule has 0 heterocycles. The van der Waals surface area contributed by atoms with E-state index >= 15 is 0 Å². The molecule has 5 heteroatoms. The average molecular weight is 279 g/mol. The van der Waals surface area contributed by atoms with Crippen LogP contribution in [0.5, 0.6) is 0 Å². The molecule has 1 fully saturated rings. The van der Waals surface area contributed by atoms with Crippen LogP contribution < -0.4 is 5.73 Å². The Balaban J connectivity index is 2.60. The zero-order valence-electron chi connectivity index (χ0n) is 11.1. The van der Waals surface area contributed by atoms with Crippen LogP contribution in [0, 0.1) is 11.8 Å². The standard InChI is InChI=1S/C12H25NO2S2/c1-9(8-16-2)12(13)10-5-4-6-11(7-10)17(3,14)15/h9-12H,4-8,13H2,1-3H3. The smallest absolute Gasteiger partial charge is 0.150 e. The molecule has 1 aliphatic rings. The van der Waals surface area contributed by atoms with E-state index in [2.05, 4.69) is 13.2 Å². The zero-order chi connectivity index (χ0) is 13.1. The number of sulfone groups is 1. The van der Waals surface area contributed by atoms with Crippen molar-refractivity contribution < 1.29 is 8.42 Å². The third-order valence-corrected chi connectivity index (χ3v) is 6.40. The minimum atomic E-state index is -2.89. The van der Waals surface area contributed by atoms with E-state index in [1.807, 2.05) is 11.8 Å². The summed E-state index contributed by atoms with van der Waals surface area (Å²) in [4.78, 5) is 0. The third kappa shape index (κ3) is 4.45. The summed E-state index contributed by atoms with van der Waals surface area (Å²) in [6.07, 6.45) is 7.12. The lowest BCUT2D eigenvalue weighted by Gasteiger charge is -2.34. The fourth-order valence-electron chi connectivity index (χ4n) is 2.76. The van der Waals surface area contributed by atoms with Gasteiger partial charge in [-0.25, -0.2) is 8.42 Å². The number of rotatable bonds is 5. The third-order valence-electron chi connectivity index (χ3n) is 3.90. The van der Waals surface area contributed by atoms with Gasteiger partial charge in [-0.2, -0.15) is 11.8 Å². The van der Waals surface area contributed by atoms with Crippen LogP contribution in [0.15, 0.2) is 0 Å². The van der Waals surface area contributed by atoms with Crippen LogP contribution in [-0.2, 0) is 9.84 Å². The molecule has 2 N–H and O–H groups in total. The topological polar surface area (TPSA) is 60.2 Å². The maximum atomic E-state index is 11.6. The highest BCUT2D eigenvalue weighted by molar-refractivity contribution is 7.98. The van der Waals surface area contributed by atoms with Crippen molar-refractivity contribution in [2.24, 2.45) is 17.6 Å². The lowest BCUT2D eigenvalue weighted by molar-refractivity contribution is 0.265. The SMILES string of the molecule is CSCC(C)C(N)C1CCCC(S(C)(=O)=O)C1. The van der Waals surface area contributed by atoms with Crippen LogP contribution in [0.25, 0.3) is 0 Å². The molecule has 3 nitrogen and oxygen atoms in total. The number of nitrogens with two attached hydrogens (primary N) is 1. The second-order valence-corrected chi connectivity index (χ2v) is 8.62. The van der Waals surface area contributed by atoms with Gasteiger partial charge in [-0.05, 0) is 43.1 Å². The Morgan fingerprint density at radius 1 is 1.41 bits per heavy atom. The number of hydrogen-bond acceptors (Lipinski definition) is 4. The van der Waals surface area contributed by atoms with Crippen LogP contribution in [0.4, 0.5) is 0 Å². The van der Waals surface area contributed by atoms with Crippen LogP contribution in [-0.4, -0.2) is 38.0 Å². The van der Waals surface area contributed by atoms with Gasteiger partial charge in [0.05, 0.1) is 5.25 Å². The molecule has 0 saturated heterocycles. The van der Waals surface area contributed by atoms with Crippen LogP contribution in [0.2, 0.25) is 0 Å². The Bertz CT molecular complexity index is 329. The monoisotopic (exact) mass is 279 g/mol. The van der Waals surface area contributed by atoms with E-state index in [4.69, 9.17) is 5.73 Å². The second-order valence-electron chi connectivity index (χ2n) is 5.39. The minimum absolute atomic E-state index is 0.145. The van der Waals surface area contributed by atoms with Crippen LogP contribution >= 0.6 is 11.8 Å². The Kier molecular flexibility index (Phi) is 5.80. The van der Waals surface area contributed by atoms with Crippen molar-refractivity contribution in [2.75, 3.05) is 18.3 Å². The Labute approximate surface area is 110 Å². The molecular formula is C12H25NO2S2. The van der Waals surface area contributed by atoms with E-state index in [0.29, 0.717) is 11.8 Å². The highest BCUT2D eigenvalue weighted by Crippen LogP contribution is 2.32. The molecule has 0 spiro atoms. The predicted molar refractivity (Wildman–Crippen MR) is 76.1 cm³/mol. The normalized spacial score (nSPS) is 29.9. The van der Waals surface area contributed by atoms with Crippen molar-refractivity contribution in [1.82, 2.24) is 0 Å². The molecule has 1 aliphatic carbocycles. The van der Waals surface area contributed by atoms with E-state index in [-0.39, 0.29) is 11.3 Å². The largest absolute Gasteiger partial charge is 0.327 e. The van der Waals surface area contributed by atoms with Gasteiger partial charge in [0.15, 0.2) is 0 Å². The van der Waals surface area contributed by atoms with Gasteiger partial charge in [0, 0.05) is 12.3 Å². The highest BCUT2D eigenvalue weighted by Gasteiger charge is 2.33. The molecule has 0 bridgehead atoms. The minimum Gasteiger partial charge on any atom is -0.327 e. The van der Waals surface area contributed by atoms with Gasteiger partial charge in [-0.15, -0.1) is 0 Å². The maximum Gasteiger partial charge on any atom is 0.150 e. The summed E-state index contributed by atoms with van der Waals surface area (Å²) in [5.74, 6) is 1.90. The summed E-state index contributed by atoms with van der Waals surface area (Å²) in [5, 5.41) is -0.159. The summed E-state index contributed by atoms with van der Waals surface area (Å²) >= 11 is 1.81. The molecule has 0 aromatic heterocycles. The first-order valence-corrected chi connectivity index (χ1v) is 9.64. The Morgan fingerprint density at radius 2 is 2.06 bits per heavy atom. The quantitative estimate of drug-likeness (QED) is 0.835. The van der Waals surface area contributed by atoms with Gasteiger partial charge in [0.1, 0.15) is 9.84 Å². The van der Waals surface area contributed by atoms with Gasteiger partial charge in [0.2, 0.25) is 0 Å². The molecule has 1 rings (SSSR count). The predicted octanol–water partition coefficient (Wildman–Crippen LogP) is 1.92. The van der Waals surface area contributed by atoms with Gasteiger partial charge >= 0.3 is 0 Å². The molecule has 0 radical (unpaired) electrons. The first-order chi connectivity index (χ1) is 7.86. The average Bonchev–Trinajstić information content (AvgIpc) is 2.27. The van der Waals surface area contributed by atoms with E-state index in [0.717, 1.165) is 31.4 Å². The Hall–Kier alpha value is 0.260. The van der Waals surface area contributed by atoms with E-state index in [9.17, 15) is 8.42 Å². The number of hydrogen-bond donors (Lipinski definition) is 1. The van der Waals surface area contributed by atoms with Crippen LogP contribution in [0.1, 0.15) is 32.6 Å². The van der Waals surface area contributed by atoms with Crippen molar-refractivity contribution in [3.63, 3.8) is 0 Å². The molecule has 1 saturated carbocycles. The summed E-state index contributed by atoms with van der Waals surface area (Å²) in [5.41, 5.74) is 6.28. The van der Waals surface area contributed by atoms with Gasteiger partial charge < -0.3 is 5.73 Å². The van der Waals surface area contributed by atoms with Crippen molar-refractivity contribution in [1.29, 1.82) is 0 Å². The highest BCUT2D eigenvalue weighted by atomic mass is 32.2. The molecule has 0 aromatic rings. The molecule has 0 amide bonds. The van der Waals surface area contributed by atoms with Gasteiger partial charge in [-0.3, -0.25) is 0 Å². The van der Waals surface area contributed by atoms with Crippen LogP contribution in [0.3, 0.4) is 0 Å². The van der Waals surface area contributed by atoms with E-state index in [1.54, 1.807) is 0 Å². The molecule has 102 valence electrons. The fraction of sp³-hybridized carbons (Fsp3) is 1.00. The second kappa shape index (κ2) is 6.43. The van der Waals surface area contributed by atoms with Gasteiger partial charge in [0.25, 0.3) is 0 Å². The summed E-state index contributed by atoms with van der Waals surface area (Å²) in [7, 11) is -2.89. The molecule has 4 unspecified atom stereocenters. The molecule has 0 aliphatic heterocycles. The first-order valence-electron chi connectivity index (χ1n) is 6.29. The van der Waals surface area contributed by atoms with E-state index in [1.165, 1.54) is 6.26 Å².